The van der Waals surface area contributed by atoms with E-state index in [1.807, 2.05) is 41.8 Å². The Kier molecular flexibility index (Phi) is 3.75. The Hall–Kier alpha value is -1.78. The minimum atomic E-state index is -0.0306. The van der Waals surface area contributed by atoms with Gasteiger partial charge in [-0.25, -0.2) is 0 Å². The van der Waals surface area contributed by atoms with Gasteiger partial charge < -0.3 is 9.67 Å². The van der Waals surface area contributed by atoms with Gasteiger partial charge in [-0.3, -0.25) is 4.79 Å². The Bertz CT molecular complexity index is 897. The molecule has 0 unspecified atom stereocenters. The Balaban J connectivity index is 2.43. The molecule has 22 heavy (non-hydrogen) atoms. The normalized spacial score (nSPS) is 11.1. The maximum absolute atomic E-state index is 12.0. The van der Waals surface area contributed by atoms with Gasteiger partial charge in [0.1, 0.15) is 5.75 Å². The topological polar surface area (TPSA) is 42.2 Å². The summed E-state index contributed by atoms with van der Waals surface area (Å²) in [7, 11) is 0. The number of carbonyl (C=O) groups excluding carboxylic acids is 1. The number of hydrogen-bond acceptors (Lipinski definition) is 2. The number of halogens is 2. The minimum absolute atomic E-state index is 0.0306. The fourth-order valence-corrected chi connectivity index (χ4v) is 3.25. The first-order valence-corrected chi connectivity index (χ1v) is 7.87. The van der Waals surface area contributed by atoms with E-state index in [2.05, 4.69) is 15.9 Å². The Morgan fingerprint density at radius 3 is 2.45 bits per heavy atom. The highest BCUT2D eigenvalue weighted by molar-refractivity contribution is 9.10. The Morgan fingerprint density at radius 1 is 1.23 bits per heavy atom. The lowest BCUT2D eigenvalue weighted by Gasteiger charge is -2.09. The van der Waals surface area contributed by atoms with Gasteiger partial charge in [0, 0.05) is 27.4 Å². The first-order chi connectivity index (χ1) is 10.4. The lowest BCUT2D eigenvalue weighted by atomic mass is 10.1. The molecular formula is C17H13BrClNO2. The third kappa shape index (κ3) is 2.32. The molecule has 0 saturated heterocycles. The number of hydrogen-bond donors (Lipinski definition) is 1. The SMILES string of the molecule is CC(=O)c1c(C)n(-c2ccc(Cl)cc2)c2cc(Br)c(O)cc12. The van der Waals surface area contributed by atoms with Crippen molar-refractivity contribution in [2.24, 2.45) is 0 Å². The van der Waals surface area contributed by atoms with Crippen LogP contribution in [0.25, 0.3) is 16.6 Å². The molecule has 0 fully saturated rings. The summed E-state index contributed by atoms with van der Waals surface area (Å²) >= 11 is 9.29. The smallest absolute Gasteiger partial charge is 0.162 e. The van der Waals surface area contributed by atoms with Gasteiger partial charge in [-0.2, -0.15) is 0 Å². The zero-order valence-electron chi connectivity index (χ0n) is 12.0. The van der Waals surface area contributed by atoms with Crippen LogP contribution in [-0.2, 0) is 0 Å². The molecule has 3 rings (SSSR count). The number of fused-ring (bicyclic) bond motifs is 1. The standard InChI is InChI=1S/C17H13BrClNO2/c1-9-17(10(2)21)13-7-16(22)14(18)8-15(13)20(9)12-5-3-11(19)4-6-12/h3-8,22H,1-2H3. The fourth-order valence-electron chi connectivity index (χ4n) is 2.79. The van der Waals surface area contributed by atoms with Crippen molar-refractivity contribution >= 4 is 44.2 Å². The maximum Gasteiger partial charge on any atom is 0.162 e. The molecule has 0 spiro atoms. The predicted molar refractivity (Wildman–Crippen MR) is 92.4 cm³/mol. The lowest BCUT2D eigenvalue weighted by molar-refractivity contribution is 0.101. The molecule has 112 valence electrons. The van der Waals surface area contributed by atoms with Crippen molar-refractivity contribution in [3.8, 4) is 11.4 Å². The van der Waals surface area contributed by atoms with Crippen molar-refractivity contribution in [2.75, 3.05) is 0 Å². The van der Waals surface area contributed by atoms with E-state index in [1.54, 1.807) is 6.07 Å². The number of phenols is 1. The molecule has 0 atom stereocenters. The summed E-state index contributed by atoms with van der Waals surface area (Å²) < 4.78 is 2.58. The molecule has 0 amide bonds. The van der Waals surface area contributed by atoms with E-state index in [0.717, 1.165) is 22.3 Å². The number of benzene rings is 2. The van der Waals surface area contributed by atoms with Gasteiger partial charge in [0.2, 0.25) is 0 Å². The average molecular weight is 379 g/mol. The van der Waals surface area contributed by atoms with Crippen LogP contribution >= 0.6 is 27.5 Å². The third-order valence-electron chi connectivity index (χ3n) is 3.71. The summed E-state index contributed by atoms with van der Waals surface area (Å²) in [5, 5.41) is 11.3. The van der Waals surface area contributed by atoms with Crippen molar-refractivity contribution in [1.82, 2.24) is 4.57 Å². The highest BCUT2D eigenvalue weighted by Gasteiger charge is 2.19. The largest absolute Gasteiger partial charge is 0.507 e. The summed E-state index contributed by atoms with van der Waals surface area (Å²) in [5.41, 5.74) is 3.22. The zero-order chi connectivity index (χ0) is 16.0. The minimum Gasteiger partial charge on any atom is -0.507 e. The number of carbonyl (C=O) groups is 1. The summed E-state index contributed by atoms with van der Waals surface area (Å²) in [6.45, 7) is 3.43. The van der Waals surface area contributed by atoms with Crippen molar-refractivity contribution < 1.29 is 9.90 Å². The second-order valence-electron chi connectivity index (χ2n) is 5.15. The van der Waals surface area contributed by atoms with Crippen molar-refractivity contribution in [3.63, 3.8) is 0 Å². The van der Waals surface area contributed by atoms with Crippen LogP contribution in [-0.4, -0.2) is 15.5 Å². The van der Waals surface area contributed by atoms with E-state index >= 15 is 0 Å². The molecule has 0 aliphatic carbocycles. The van der Waals surface area contributed by atoms with Crippen LogP contribution < -0.4 is 0 Å². The van der Waals surface area contributed by atoms with Gasteiger partial charge in [-0.15, -0.1) is 0 Å². The predicted octanol–water partition coefficient (Wildman–Crippen LogP) is 5.26. The van der Waals surface area contributed by atoms with Crippen molar-refractivity contribution in [1.29, 1.82) is 0 Å². The summed E-state index contributed by atoms with van der Waals surface area (Å²) in [6, 6.07) is 10.9. The Morgan fingerprint density at radius 2 is 1.86 bits per heavy atom. The number of aromatic hydroxyl groups is 1. The van der Waals surface area contributed by atoms with E-state index in [0.29, 0.717) is 15.1 Å². The number of nitrogens with zero attached hydrogens (tertiary/aromatic N) is 1. The van der Waals surface area contributed by atoms with Crippen molar-refractivity contribution in [3.05, 3.63) is 57.2 Å². The molecule has 5 heteroatoms. The highest BCUT2D eigenvalue weighted by atomic mass is 79.9. The number of phenolic OH excluding ortho intramolecular Hbond substituents is 1. The van der Waals surface area contributed by atoms with Gasteiger partial charge in [0.15, 0.2) is 5.78 Å². The van der Waals surface area contributed by atoms with Crippen LogP contribution in [0.15, 0.2) is 40.9 Å². The zero-order valence-corrected chi connectivity index (χ0v) is 14.4. The van der Waals surface area contributed by atoms with Crippen LogP contribution in [0.3, 0.4) is 0 Å². The quantitative estimate of drug-likeness (QED) is 0.618. The van der Waals surface area contributed by atoms with E-state index in [-0.39, 0.29) is 11.5 Å². The molecule has 0 bridgehead atoms. The molecule has 1 heterocycles. The van der Waals surface area contributed by atoms with Gasteiger partial charge in [0.05, 0.1) is 9.99 Å². The molecular weight excluding hydrogens is 366 g/mol. The Labute approximate surface area is 141 Å². The van der Waals surface area contributed by atoms with Crippen LogP contribution in [0, 0.1) is 6.92 Å². The van der Waals surface area contributed by atoms with Crippen LogP contribution in [0.5, 0.6) is 5.75 Å². The number of Topliss-reactive ketones (excluding diaryl/α,β-unsaturated/α-hetero) is 1. The van der Waals surface area contributed by atoms with E-state index < -0.39 is 0 Å². The molecule has 0 saturated carbocycles. The van der Waals surface area contributed by atoms with E-state index in [9.17, 15) is 9.90 Å². The molecule has 2 aromatic carbocycles. The highest BCUT2D eigenvalue weighted by Crippen LogP contribution is 2.36. The lowest BCUT2D eigenvalue weighted by Crippen LogP contribution is -1.99. The fraction of sp³-hybridized carbons (Fsp3) is 0.118. The second kappa shape index (κ2) is 5.45. The number of rotatable bonds is 2. The van der Waals surface area contributed by atoms with Crippen LogP contribution in [0.1, 0.15) is 23.0 Å². The van der Waals surface area contributed by atoms with E-state index in [1.165, 1.54) is 6.92 Å². The van der Waals surface area contributed by atoms with Gasteiger partial charge in [-0.05, 0) is 66.2 Å². The number of aromatic nitrogens is 1. The van der Waals surface area contributed by atoms with Crippen molar-refractivity contribution in [2.45, 2.75) is 13.8 Å². The molecule has 0 radical (unpaired) electrons. The molecule has 0 aliphatic rings. The molecule has 1 aromatic heterocycles. The molecule has 0 aliphatic heterocycles. The second-order valence-corrected chi connectivity index (χ2v) is 6.44. The van der Waals surface area contributed by atoms with Crippen LogP contribution in [0.2, 0.25) is 5.02 Å². The monoisotopic (exact) mass is 377 g/mol. The maximum atomic E-state index is 12.0. The first-order valence-electron chi connectivity index (χ1n) is 6.70. The molecule has 3 aromatic rings. The van der Waals surface area contributed by atoms with Crippen LogP contribution in [0.4, 0.5) is 0 Å². The van der Waals surface area contributed by atoms with E-state index in [4.69, 9.17) is 11.6 Å². The summed E-state index contributed by atoms with van der Waals surface area (Å²) in [6.07, 6.45) is 0. The van der Waals surface area contributed by atoms with Gasteiger partial charge in [-0.1, -0.05) is 11.6 Å². The van der Waals surface area contributed by atoms with Gasteiger partial charge in [0.25, 0.3) is 0 Å². The average Bonchev–Trinajstić information content (AvgIpc) is 2.72. The first kappa shape index (κ1) is 15.1. The molecule has 3 nitrogen and oxygen atoms in total. The summed E-state index contributed by atoms with van der Waals surface area (Å²) in [5.74, 6) is 0.0835. The van der Waals surface area contributed by atoms with Gasteiger partial charge >= 0.3 is 0 Å². The molecule has 1 N–H and O–H groups in total. The third-order valence-corrected chi connectivity index (χ3v) is 4.60. The number of ketones is 1. The summed E-state index contributed by atoms with van der Waals surface area (Å²) in [4.78, 5) is 12.0.